The molecule has 11 aliphatic rings. The zero-order valence-electron chi connectivity index (χ0n) is 87.7. The van der Waals surface area contributed by atoms with Gasteiger partial charge in [0.05, 0.1) is 88.5 Å². The maximum atomic E-state index is 13.3. The Morgan fingerprint density at radius 1 is 0.433 bits per heavy atom. The first kappa shape index (κ1) is 126. The van der Waals surface area contributed by atoms with Crippen molar-refractivity contribution in [1.29, 1.82) is 0 Å². The minimum absolute atomic E-state index is 0. The van der Waals surface area contributed by atoms with Gasteiger partial charge in [-0.15, -0.1) is 0 Å². The van der Waals surface area contributed by atoms with Gasteiger partial charge in [-0.3, -0.25) is 28.8 Å². The van der Waals surface area contributed by atoms with Crippen molar-refractivity contribution < 1.29 is 198 Å². The number of carbonyl (C=O) groups is 6. The molecule has 11 rings (SSSR count). The van der Waals surface area contributed by atoms with Gasteiger partial charge in [0.15, 0.2) is 0 Å². The first-order valence-electron chi connectivity index (χ1n) is 49.6. The van der Waals surface area contributed by atoms with Crippen LogP contribution < -0.4 is 51.4 Å². The summed E-state index contributed by atoms with van der Waals surface area (Å²) in [5, 5.41) is 0. The van der Waals surface area contributed by atoms with Crippen molar-refractivity contribution in [3.8, 4) is 0 Å². The predicted octanol–water partition coefficient (Wildman–Crippen LogP) is 17.4. The van der Waals surface area contributed by atoms with Crippen molar-refractivity contribution >= 4 is 116 Å². The second-order valence-electron chi connectivity index (χ2n) is 43.9. The summed E-state index contributed by atoms with van der Waals surface area (Å²) in [6, 6.07) is 3.39. The minimum atomic E-state index is -5.27. The van der Waals surface area contributed by atoms with Crippen molar-refractivity contribution in [3.05, 3.63) is 0 Å². The standard InChI is InChI=1S/C37H80O14Si8.C20H29F3O7S.C14H28O2.C11H22O4.C9H16O3.K/c1-18-37(16,17)36(38)39-20-19-21-52-40-53(22-29(2)3)43-56(25-32(8)9)45-54(41-52,23-30(4)5)47-58(27-34(12)13)48-55(42-52,24-31(6)7)46-57(44-53,26-33(10)11)50-59(49-56,51-58)28-35(14)15;1-4-17(2,3)15(24)30-19-8-12-5-13(9-19)7-18(6-12,11-19)16(25)29-14(20(21,22)23)10-31(26,27)28;1-4-6-7-8-9-10-11-12-16-14(15)13(3)5-2;1-5-11(2,3)10(12)15-9-8-14-7-6-13-4;1-4-9(2,3)8(10)12-6-7-5-11-7;/h29-35H,18-28H2,1-17H3;12-14H,4-11H2,1-3H3,(H,26,27,28);13H,4-12H2,1-3H3;5-9H2,1-4H3;7H,4-6H2,1-3H3;/q;;;;;+1/p-1. The zero-order chi connectivity index (χ0) is 101. The monoisotopic (exact) mass is 2100 g/mol. The summed E-state index contributed by atoms with van der Waals surface area (Å²) in [5.74, 6) is -3.34. The summed E-state index contributed by atoms with van der Waals surface area (Å²) in [6.45, 7) is 62.6. The molecule has 5 unspecified atom stereocenters. The molecule has 43 heteroatoms. The number of carbonyl (C=O) groups excluding carboxylic acids is 6. The molecular formula is C91H174F3KO30SSi8. The van der Waals surface area contributed by atoms with Crippen LogP contribution in [0, 0.1) is 86.3 Å². The molecule has 11 fully saturated rings. The Morgan fingerprint density at radius 2 is 0.761 bits per heavy atom. The Hall–Kier alpha value is -0.709. The van der Waals surface area contributed by atoms with Crippen LogP contribution in [0.3, 0.4) is 0 Å². The van der Waals surface area contributed by atoms with Crippen molar-refractivity contribution in [2.45, 2.75) is 395 Å². The third kappa shape index (κ3) is 39.3. The Balaban J connectivity index is 0.000000412. The van der Waals surface area contributed by atoms with E-state index in [4.69, 9.17) is 87.3 Å². The molecule has 5 atom stereocenters. The molecule has 7 saturated heterocycles. The number of rotatable bonds is 49. The molecule has 0 aromatic heterocycles. The van der Waals surface area contributed by atoms with Crippen LogP contribution in [0.25, 0.3) is 0 Å². The van der Waals surface area contributed by atoms with E-state index in [0.717, 1.165) is 38.7 Å². The molecule has 0 spiro atoms. The maximum absolute atomic E-state index is 13.3. The van der Waals surface area contributed by atoms with Gasteiger partial charge in [0.2, 0.25) is 6.10 Å². The van der Waals surface area contributed by atoms with Gasteiger partial charge in [-0.2, -0.15) is 13.2 Å². The van der Waals surface area contributed by atoms with Crippen LogP contribution in [0.1, 0.15) is 323 Å². The number of alkyl halides is 3. The molecule has 7 aliphatic heterocycles. The minimum Gasteiger partial charge on any atom is -0.748 e. The van der Waals surface area contributed by atoms with Crippen molar-refractivity contribution in [2.75, 3.05) is 65.7 Å². The van der Waals surface area contributed by atoms with E-state index in [1.165, 1.54) is 38.5 Å². The number of methoxy groups -OCH3 is 1. The van der Waals surface area contributed by atoms with Gasteiger partial charge in [-0.1, -0.05) is 184 Å². The first-order chi connectivity index (χ1) is 61.4. The van der Waals surface area contributed by atoms with Crippen LogP contribution in [-0.2, 0) is 131 Å². The number of esters is 6. The molecule has 12 bridgehead atoms. The maximum Gasteiger partial charge on any atom is 1.00 e. The number of ether oxygens (including phenoxy) is 9. The molecule has 4 aliphatic carbocycles. The van der Waals surface area contributed by atoms with E-state index in [2.05, 4.69) is 109 Å². The third-order valence-corrected chi connectivity index (χ3v) is 66.1. The van der Waals surface area contributed by atoms with E-state index >= 15 is 0 Å². The Morgan fingerprint density at radius 3 is 1.09 bits per heavy atom. The molecule has 0 amide bonds. The molecule has 778 valence electrons. The van der Waals surface area contributed by atoms with Crippen molar-refractivity contribution in [3.63, 3.8) is 0 Å². The van der Waals surface area contributed by atoms with Gasteiger partial charge in [0.1, 0.15) is 24.9 Å². The molecule has 0 aromatic carbocycles. The average Bonchev–Trinajstić information content (AvgIpc) is 1.19. The van der Waals surface area contributed by atoms with E-state index in [1.54, 1.807) is 21.0 Å². The van der Waals surface area contributed by atoms with Crippen LogP contribution in [-0.4, -0.2) is 209 Å². The van der Waals surface area contributed by atoms with Crippen LogP contribution in [0.15, 0.2) is 0 Å². The van der Waals surface area contributed by atoms with Gasteiger partial charge in [-0.25, -0.2) is 8.42 Å². The zero-order valence-corrected chi connectivity index (χ0v) is 99.6. The van der Waals surface area contributed by atoms with E-state index in [-0.39, 0.29) is 165 Å². The van der Waals surface area contributed by atoms with Crippen LogP contribution >= 0.6 is 0 Å². The summed E-state index contributed by atoms with van der Waals surface area (Å²) in [5.41, 5.74) is -4.32. The number of hydrogen-bond donors (Lipinski definition) is 0. The van der Waals surface area contributed by atoms with Crippen molar-refractivity contribution in [2.24, 2.45) is 86.3 Å². The smallest absolute Gasteiger partial charge is 0.748 e. The van der Waals surface area contributed by atoms with Crippen LogP contribution in [0.4, 0.5) is 13.2 Å². The Bertz CT molecular complexity index is 3590. The number of epoxide rings is 1. The summed E-state index contributed by atoms with van der Waals surface area (Å²) < 4.78 is 213. The van der Waals surface area contributed by atoms with E-state index in [0.29, 0.717) is 127 Å². The van der Waals surface area contributed by atoms with Gasteiger partial charge in [0.25, 0.3) is 0 Å². The van der Waals surface area contributed by atoms with Crippen LogP contribution in [0.5, 0.6) is 0 Å². The summed E-state index contributed by atoms with van der Waals surface area (Å²) in [4.78, 5) is 73.1. The quantitative estimate of drug-likeness (QED) is 0.0136. The van der Waals surface area contributed by atoms with E-state index < -0.39 is 138 Å². The summed E-state index contributed by atoms with van der Waals surface area (Å²) in [6.07, 6.45) is 7.35. The Labute approximate surface area is 854 Å². The van der Waals surface area contributed by atoms with E-state index in [9.17, 15) is 54.9 Å². The molecule has 30 nitrogen and oxygen atoms in total. The second kappa shape index (κ2) is 53.6. The molecule has 0 N–H and O–H groups in total. The van der Waals surface area contributed by atoms with E-state index in [1.807, 2.05) is 83.1 Å². The second-order valence-corrected chi connectivity index (χ2v) is 69.5. The summed E-state index contributed by atoms with van der Waals surface area (Å²) >= 11 is 0. The van der Waals surface area contributed by atoms with Crippen LogP contribution in [0.2, 0.25) is 48.4 Å². The van der Waals surface area contributed by atoms with Gasteiger partial charge in [0, 0.05) is 61.9 Å². The Kier molecular flexibility index (Phi) is 50.2. The average molecular weight is 2100 g/mol. The molecule has 4 saturated carbocycles. The predicted molar refractivity (Wildman–Crippen MR) is 512 cm³/mol. The molecular weight excluding hydrogens is 1930 g/mol. The number of halogens is 3. The van der Waals surface area contributed by atoms with Gasteiger partial charge >= 0.3 is 164 Å². The SMILES string of the molecule is CCC(C)(C)C(=O)OC12CC3CC(C1)CC(C(=O)OC(CS(=O)(=O)[O-])C(F)(F)F)(C3)C2.CCC(C)(C)C(=O)OCC1CO1.CCC(C)(C)C(=O)OCCC[Si]12O[Si]3(CC(C)C)O[Si]4(CC(C)C)O[Si](CC(C)C)(O1)O[Si]1(CC(C)C)O[Si](CC(C)C)(O2)O[Si](CC(C)C)(O3)O[Si](CC(C)C)(O4)O1.CCC(C)(C)C(=O)OCCOCCOC.CCCCCCCCCOC(=O)C(C)CC.[K+]. The third-order valence-electron chi connectivity index (χ3n) is 25.4. The van der Waals surface area contributed by atoms with Gasteiger partial charge in [-0.05, 0) is 186 Å². The summed E-state index contributed by atoms with van der Waals surface area (Å²) in [7, 11) is -35.6. The fourth-order valence-corrected chi connectivity index (χ4v) is 69.5. The van der Waals surface area contributed by atoms with Gasteiger partial charge < -0.3 is 96.6 Å². The normalized spacial score (nSPS) is 29.5. The largest absolute Gasteiger partial charge is 1.00 e. The fourth-order valence-electron chi connectivity index (χ4n) is 17.3. The number of unbranched alkanes of at least 4 members (excludes halogenated alkanes) is 6. The first-order valence-corrected chi connectivity index (χ1v) is 66.7. The fraction of sp³-hybridized carbons (Fsp3) is 0.934. The molecule has 134 heavy (non-hydrogen) atoms. The number of hydrogen-bond acceptors (Lipinski definition) is 30. The molecule has 0 aromatic rings. The topological polar surface area (TPSA) is 357 Å². The molecule has 0 radical (unpaired) electrons. The molecule has 7 heterocycles. The van der Waals surface area contributed by atoms with Crippen molar-refractivity contribution in [1.82, 2.24) is 0 Å².